The molecule has 0 bridgehead atoms. The number of rotatable bonds is 8. The molecule has 2 aromatic rings. The molecule has 0 fully saturated rings. The number of carboxylic acids is 1. The zero-order valence-electron chi connectivity index (χ0n) is 16.1. The number of nitrogens with one attached hydrogen (secondary N) is 1. The fourth-order valence-corrected chi connectivity index (χ4v) is 6.43. The molecule has 0 saturated heterocycles. The van der Waals surface area contributed by atoms with E-state index in [1.54, 1.807) is 12.1 Å². The van der Waals surface area contributed by atoms with Crippen LogP contribution in [0, 0.1) is 17.6 Å². The van der Waals surface area contributed by atoms with E-state index in [0.29, 0.717) is 17.0 Å². The molecule has 0 aromatic heterocycles. The Morgan fingerprint density at radius 1 is 1.14 bits per heavy atom. The average Bonchev–Trinajstić information content (AvgIpc) is 2.61. The van der Waals surface area contributed by atoms with Gasteiger partial charge in [0.05, 0.1) is 19.4 Å². The minimum Gasteiger partial charge on any atom is -0.489 e. The van der Waals surface area contributed by atoms with Crippen LogP contribution in [-0.2, 0) is 14.3 Å². The number of aryl methyl sites for hydroxylation is 1. The van der Waals surface area contributed by atoms with Crippen LogP contribution in [0.2, 0.25) is 0 Å². The number of aliphatic carboxylic acids is 1. The SMILES string of the molecule is CC(=O)Nc1c(I)cc(I)c(OCCOC(C(=O)O)c2ccccc2C)c1I.[Na+]. The Bertz CT molecular complexity index is 894. The number of carbonyl (C=O) groups excluding carboxylic acids is 1. The molecule has 29 heavy (non-hydrogen) atoms. The first-order valence-corrected chi connectivity index (χ1v) is 11.4. The van der Waals surface area contributed by atoms with Gasteiger partial charge in [0.2, 0.25) is 5.91 Å². The number of amides is 1. The van der Waals surface area contributed by atoms with Crippen molar-refractivity contribution in [2.24, 2.45) is 0 Å². The quantitative estimate of drug-likeness (QED) is 0.246. The summed E-state index contributed by atoms with van der Waals surface area (Å²) in [6, 6.07) is 9.16. The molecule has 0 saturated carbocycles. The van der Waals surface area contributed by atoms with Gasteiger partial charge in [0, 0.05) is 10.5 Å². The number of carboxylic acid groups (broad SMARTS) is 1. The number of benzene rings is 2. The van der Waals surface area contributed by atoms with Crippen LogP contribution in [0.4, 0.5) is 5.69 Å². The van der Waals surface area contributed by atoms with Crippen molar-refractivity contribution in [3.63, 3.8) is 0 Å². The molecule has 0 aliphatic carbocycles. The summed E-state index contributed by atoms with van der Waals surface area (Å²) in [5.41, 5.74) is 2.19. The Labute approximate surface area is 232 Å². The summed E-state index contributed by atoms with van der Waals surface area (Å²) in [5, 5.41) is 12.3. The van der Waals surface area contributed by atoms with Gasteiger partial charge < -0.3 is 19.9 Å². The number of carbonyl (C=O) groups is 2. The van der Waals surface area contributed by atoms with Gasteiger partial charge in [-0.1, -0.05) is 24.3 Å². The van der Waals surface area contributed by atoms with Gasteiger partial charge in [0.15, 0.2) is 6.10 Å². The van der Waals surface area contributed by atoms with E-state index in [0.717, 1.165) is 16.3 Å². The fourth-order valence-electron chi connectivity index (χ4n) is 2.48. The molecule has 2 aromatic carbocycles. The minimum absolute atomic E-state index is 0. The minimum atomic E-state index is -1.05. The van der Waals surface area contributed by atoms with Crippen LogP contribution in [0.15, 0.2) is 30.3 Å². The summed E-state index contributed by atoms with van der Waals surface area (Å²) in [7, 11) is 0. The van der Waals surface area contributed by atoms with Crippen LogP contribution in [0.3, 0.4) is 0 Å². The zero-order valence-corrected chi connectivity index (χ0v) is 24.6. The number of hydrogen-bond acceptors (Lipinski definition) is 4. The van der Waals surface area contributed by atoms with Crippen LogP contribution in [0.25, 0.3) is 0 Å². The summed E-state index contributed by atoms with van der Waals surface area (Å²) in [4.78, 5) is 23.0. The van der Waals surface area contributed by atoms with E-state index in [4.69, 9.17) is 9.47 Å². The molecular formula is C19H18I3NNaO5+. The predicted molar refractivity (Wildman–Crippen MR) is 132 cm³/mol. The van der Waals surface area contributed by atoms with Crippen molar-refractivity contribution in [2.75, 3.05) is 18.5 Å². The van der Waals surface area contributed by atoms with Crippen molar-refractivity contribution in [1.82, 2.24) is 0 Å². The van der Waals surface area contributed by atoms with Gasteiger partial charge >= 0.3 is 35.5 Å². The number of ether oxygens (including phenoxy) is 2. The number of halogens is 3. The Morgan fingerprint density at radius 2 is 1.79 bits per heavy atom. The first-order valence-electron chi connectivity index (χ1n) is 8.20. The van der Waals surface area contributed by atoms with E-state index in [9.17, 15) is 14.7 Å². The molecule has 0 spiro atoms. The van der Waals surface area contributed by atoms with E-state index in [1.807, 2.05) is 25.1 Å². The summed E-state index contributed by atoms with van der Waals surface area (Å²) >= 11 is 6.46. The molecule has 1 atom stereocenters. The van der Waals surface area contributed by atoms with Gasteiger partial charge in [-0.15, -0.1) is 0 Å². The maximum Gasteiger partial charge on any atom is 1.00 e. The van der Waals surface area contributed by atoms with Crippen molar-refractivity contribution in [2.45, 2.75) is 20.0 Å². The van der Waals surface area contributed by atoms with Crippen molar-refractivity contribution in [3.05, 3.63) is 52.2 Å². The maximum atomic E-state index is 11.6. The van der Waals surface area contributed by atoms with Gasteiger partial charge in [0.1, 0.15) is 12.4 Å². The van der Waals surface area contributed by atoms with Crippen LogP contribution in [0.5, 0.6) is 5.75 Å². The van der Waals surface area contributed by atoms with E-state index < -0.39 is 12.1 Å². The molecule has 10 heteroatoms. The van der Waals surface area contributed by atoms with Gasteiger partial charge in [0.25, 0.3) is 0 Å². The molecule has 0 aliphatic heterocycles. The van der Waals surface area contributed by atoms with Gasteiger partial charge in [-0.25, -0.2) is 4.79 Å². The van der Waals surface area contributed by atoms with Crippen LogP contribution >= 0.6 is 67.8 Å². The zero-order chi connectivity index (χ0) is 20.8. The second-order valence-electron chi connectivity index (χ2n) is 5.83. The molecule has 2 rings (SSSR count). The topological polar surface area (TPSA) is 84.9 Å². The van der Waals surface area contributed by atoms with Gasteiger partial charge in [-0.3, -0.25) is 4.79 Å². The third-order valence-corrected chi connectivity index (χ3v) is 6.42. The predicted octanol–water partition coefficient (Wildman–Crippen LogP) is 1.99. The Balaban J connectivity index is 0.00000420. The van der Waals surface area contributed by atoms with Gasteiger partial charge in [-0.05, 0) is 91.9 Å². The Morgan fingerprint density at radius 3 is 2.38 bits per heavy atom. The third-order valence-electron chi connectivity index (χ3n) is 3.74. The molecule has 2 N–H and O–H groups in total. The Kier molecular flexibility index (Phi) is 12.3. The van der Waals surface area contributed by atoms with Crippen molar-refractivity contribution in [3.8, 4) is 5.75 Å². The van der Waals surface area contributed by atoms with Crippen LogP contribution < -0.4 is 39.6 Å². The molecule has 0 radical (unpaired) electrons. The van der Waals surface area contributed by atoms with E-state index in [2.05, 4.69) is 73.1 Å². The first-order chi connectivity index (χ1) is 13.2. The molecule has 6 nitrogen and oxygen atoms in total. The maximum absolute atomic E-state index is 11.6. The summed E-state index contributed by atoms with van der Waals surface area (Å²) in [6.07, 6.45) is -1.05. The van der Waals surface area contributed by atoms with Crippen molar-refractivity contribution in [1.29, 1.82) is 0 Å². The third kappa shape index (κ3) is 7.75. The molecule has 0 heterocycles. The molecule has 0 aliphatic rings. The van der Waals surface area contributed by atoms with Crippen LogP contribution in [-0.4, -0.2) is 30.2 Å². The normalized spacial score (nSPS) is 11.3. The van der Waals surface area contributed by atoms with Crippen LogP contribution in [0.1, 0.15) is 24.2 Å². The average molecular weight is 744 g/mol. The molecule has 150 valence electrons. The van der Waals surface area contributed by atoms with Crippen molar-refractivity contribution >= 4 is 85.3 Å². The second-order valence-corrected chi connectivity index (χ2v) is 9.24. The standard InChI is InChI=1S/C19H18I3NO5.Na/c1-10-5-3-4-6-12(10)17(19(25)26)27-7-8-28-18-14(21)9-13(20)16(15(18)22)23-11(2)24;/h3-6,9,17H,7-8H2,1-2H3,(H,23,24)(H,25,26);/q;+1. The van der Waals surface area contributed by atoms with Gasteiger partial charge in [-0.2, -0.15) is 0 Å². The summed E-state index contributed by atoms with van der Waals surface area (Å²) in [5.74, 6) is -0.564. The monoisotopic (exact) mass is 744 g/mol. The van der Waals surface area contributed by atoms with E-state index in [1.165, 1.54) is 6.92 Å². The summed E-state index contributed by atoms with van der Waals surface area (Å²) < 4.78 is 14.0. The molecule has 1 amide bonds. The molecule has 1 unspecified atom stereocenters. The van der Waals surface area contributed by atoms with E-state index >= 15 is 0 Å². The van der Waals surface area contributed by atoms with Crippen molar-refractivity contribution < 1.29 is 53.7 Å². The Hall–Kier alpha value is 0.330. The fraction of sp³-hybridized carbons (Fsp3) is 0.263. The van der Waals surface area contributed by atoms with E-state index in [-0.39, 0.29) is 48.7 Å². The largest absolute Gasteiger partial charge is 1.00 e. The second kappa shape index (κ2) is 13.0. The number of hydrogen-bond donors (Lipinski definition) is 2. The number of anilines is 1. The molecular weight excluding hydrogens is 726 g/mol. The first kappa shape index (κ1) is 27.4. The smallest absolute Gasteiger partial charge is 0.489 e. The summed E-state index contributed by atoms with van der Waals surface area (Å²) in [6.45, 7) is 3.60.